The first-order valence-corrected chi connectivity index (χ1v) is 6.03. The van der Waals surface area contributed by atoms with Crippen molar-refractivity contribution in [2.24, 2.45) is 5.92 Å². The van der Waals surface area contributed by atoms with Crippen LogP contribution in [0.1, 0.15) is 57.1 Å². The molecule has 15 heavy (non-hydrogen) atoms. The summed E-state index contributed by atoms with van der Waals surface area (Å²) in [5, 5.41) is 3.79. The Morgan fingerprint density at radius 3 is 2.67 bits per heavy atom. The summed E-state index contributed by atoms with van der Waals surface area (Å²) >= 11 is 6.10. The standard InChI is InChI=1S/C11H19ClN2O/c1-4-5-9(12)11-13-10(15-14-11)7-6-8(2)3/h8-9H,4-7H2,1-3H3. The average Bonchev–Trinajstić information content (AvgIpc) is 2.63. The Hall–Kier alpha value is -0.570. The lowest BCUT2D eigenvalue weighted by Crippen LogP contribution is -1.95. The summed E-state index contributed by atoms with van der Waals surface area (Å²) in [5.41, 5.74) is 0. The normalized spacial score (nSPS) is 13.4. The van der Waals surface area contributed by atoms with Crippen LogP contribution in [0.3, 0.4) is 0 Å². The second-order valence-corrected chi connectivity index (χ2v) is 4.76. The Bertz CT molecular complexity index is 286. The number of hydrogen-bond donors (Lipinski definition) is 0. The molecule has 0 aliphatic rings. The Kier molecular flexibility index (Phi) is 5.09. The summed E-state index contributed by atoms with van der Waals surface area (Å²) in [6.07, 6.45) is 3.84. The summed E-state index contributed by atoms with van der Waals surface area (Å²) in [5.74, 6) is 2.00. The van der Waals surface area contributed by atoms with E-state index in [2.05, 4.69) is 30.9 Å². The lowest BCUT2D eigenvalue weighted by Gasteiger charge is -2.00. The van der Waals surface area contributed by atoms with Crippen molar-refractivity contribution in [2.75, 3.05) is 0 Å². The molecular weight excluding hydrogens is 212 g/mol. The van der Waals surface area contributed by atoms with Gasteiger partial charge < -0.3 is 4.52 Å². The highest BCUT2D eigenvalue weighted by atomic mass is 35.5. The highest BCUT2D eigenvalue weighted by Crippen LogP contribution is 2.22. The molecule has 0 saturated carbocycles. The van der Waals surface area contributed by atoms with Gasteiger partial charge in [-0.1, -0.05) is 32.3 Å². The molecule has 86 valence electrons. The zero-order chi connectivity index (χ0) is 11.3. The molecule has 0 N–H and O–H groups in total. The van der Waals surface area contributed by atoms with Crippen LogP contribution >= 0.6 is 11.6 Å². The maximum absolute atomic E-state index is 6.10. The Labute approximate surface area is 96.2 Å². The molecule has 1 unspecified atom stereocenters. The topological polar surface area (TPSA) is 38.9 Å². The van der Waals surface area contributed by atoms with E-state index in [0.29, 0.717) is 17.6 Å². The first-order chi connectivity index (χ1) is 7.13. The van der Waals surface area contributed by atoms with Crippen LogP contribution in [0.2, 0.25) is 0 Å². The zero-order valence-corrected chi connectivity index (χ0v) is 10.4. The van der Waals surface area contributed by atoms with E-state index in [1.54, 1.807) is 0 Å². The van der Waals surface area contributed by atoms with Crippen LogP contribution in [0.5, 0.6) is 0 Å². The Morgan fingerprint density at radius 2 is 2.07 bits per heavy atom. The SMILES string of the molecule is CCCC(Cl)c1noc(CCC(C)C)n1. The van der Waals surface area contributed by atoms with Gasteiger partial charge in [0.2, 0.25) is 5.89 Å². The van der Waals surface area contributed by atoms with E-state index < -0.39 is 0 Å². The molecule has 0 aliphatic carbocycles. The van der Waals surface area contributed by atoms with Crippen LogP contribution in [0.4, 0.5) is 0 Å². The molecule has 1 rings (SSSR count). The third-order valence-corrected chi connectivity index (χ3v) is 2.66. The van der Waals surface area contributed by atoms with Gasteiger partial charge in [-0.3, -0.25) is 0 Å². The quantitative estimate of drug-likeness (QED) is 0.699. The van der Waals surface area contributed by atoms with Crippen LogP contribution in [0.15, 0.2) is 4.52 Å². The van der Waals surface area contributed by atoms with Crippen molar-refractivity contribution in [3.8, 4) is 0 Å². The van der Waals surface area contributed by atoms with E-state index >= 15 is 0 Å². The number of rotatable bonds is 6. The van der Waals surface area contributed by atoms with Crippen molar-refractivity contribution >= 4 is 11.6 Å². The van der Waals surface area contributed by atoms with E-state index in [1.807, 2.05) is 0 Å². The number of aryl methyl sites for hydroxylation is 1. The van der Waals surface area contributed by atoms with Crippen molar-refractivity contribution < 1.29 is 4.52 Å². The molecule has 1 aromatic rings. The number of alkyl halides is 1. The maximum atomic E-state index is 6.10. The van der Waals surface area contributed by atoms with Crippen molar-refractivity contribution in [1.29, 1.82) is 0 Å². The third-order valence-electron chi connectivity index (χ3n) is 2.24. The predicted molar refractivity (Wildman–Crippen MR) is 61.0 cm³/mol. The Balaban J connectivity index is 2.48. The number of halogens is 1. The molecule has 1 aromatic heterocycles. The molecule has 0 amide bonds. The van der Waals surface area contributed by atoms with Crippen molar-refractivity contribution in [3.63, 3.8) is 0 Å². The molecule has 0 radical (unpaired) electrons. The van der Waals surface area contributed by atoms with Gasteiger partial charge in [0.25, 0.3) is 0 Å². The van der Waals surface area contributed by atoms with E-state index in [4.69, 9.17) is 16.1 Å². The molecule has 0 spiro atoms. The molecule has 1 atom stereocenters. The van der Waals surface area contributed by atoms with Crippen LogP contribution in [0.25, 0.3) is 0 Å². The molecule has 0 saturated heterocycles. The molecule has 0 aliphatic heterocycles. The summed E-state index contributed by atoms with van der Waals surface area (Å²) in [6.45, 7) is 6.45. The zero-order valence-electron chi connectivity index (χ0n) is 9.66. The van der Waals surface area contributed by atoms with Gasteiger partial charge in [-0.2, -0.15) is 4.98 Å². The van der Waals surface area contributed by atoms with Crippen molar-refractivity contribution in [3.05, 3.63) is 11.7 Å². The van der Waals surface area contributed by atoms with Gasteiger partial charge in [0.1, 0.15) is 0 Å². The number of nitrogens with zero attached hydrogens (tertiary/aromatic N) is 2. The summed E-state index contributed by atoms with van der Waals surface area (Å²) < 4.78 is 5.14. The van der Waals surface area contributed by atoms with Gasteiger partial charge in [0.15, 0.2) is 5.82 Å². The minimum Gasteiger partial charge on any atom is -0.339 e. The van der Waals surface area contributed by atoms with E-state index in [9.17, 15) is 0 Å². The molecule has 1 heterocycles. The molecule has 4 heteroatoms. The van der Waals surface area contributed by atoms with Gasteiger partial charge in [0.05, 0.1) is 5.38 Å². The summed E-state index contributed by atoms with van der Waals surface area (Å²) in [4.78, 5) is 4.29. The highest BCUT2D eigenvalue weighted by Gasteiger charge is 2.14. The minimum absolute atomic E-state index is 0.105. The fourth-order valence-corrected chi connectivity index (χ4v) is 1.60. The van der Waals surface area contributed by atoms with Crippen LogP contribution in [-0.2, 0) is 6.42 Å². The summed E-state index contributed by atoms with van der Waals surface area (Å²) in [6, 6.07) is 0. The largest absolute Gasteiger partial charge is 0.339 e. The maximum Gasteiger partial charge on any atom is 0.226 e. The predicted octanol–water partition coefficient (Wildman–Crippen LogP) is 3.74. The van der Waals surface area contributed by atoms with Crippen LogP contribution in [-0.4, -0.2) is 10.1 Å². The lowest BCUT2D eigenvalue weighted by atomic mass is 10.1. The second-order valence-electron chi connectivity index (χ2n) is 4.24. The van der Waals surface area contributed by atoms with E-state index in [0.717, 1.165) is 25.7 Å². The number of hydrogen-bond acceptors (Lipinski definition) is 3. The minimum atomic E-state index is -0.105. The molecule has 3 nitrogen and oxygen atoms in total. The van der Waals surface area contributed by atoms with E-state index in [-0.39, 0.29) is 5.38 Å². The van der Waals surface area contributed by atoms with E-state index in [1.165, 1.54) is 0 Å². The monoisotopic (exact) mass is 230 g/mol. The summed E-state index contributed by atoms with van der Waals surface area (Å²) in [7, 11) is 0. The molecule has 0 fully saturated rings. The molecule has 0 aromatic carbocycles. The van der Waals surface area contributed by atoms with Gasteiger partial charge in [-0.15, -0.1) is 11.6 Å². The van der Waals surface area contributed by atoms with Crippen molar-refractivity contribution in [1.82, 2.24) is 10.1 Å². The van der Waals surface area contributed by atoms with Gasteiger partial charge in [-0.05, 0) is 18.8 Å². The fourth-order valence-electron chi connectivity index (χ4n) is 1.29. The van der Waals surface area contributed by atoms with Crippen LogP contribution < -0.4 is 0 Å². The number of aromatic nitrogens is 2. The highest BCUT2D eigenvalue weighted by molar-refractivity contribution is 6.20. The van der Waals surface area contributed by atoms with Gasteiger partial charge in [0, 0.05) is 6.42 Å². The Morgan fingerprint density at radius 1 is 1.33 bits per heavy atom. The van der Waals surface area contributed by atoms with Crippen molar-refractivity contribution in [2.45, 2.75) is 51.8 Å². The molecular formula is C11H19ClN2O. The third kappa shape index (κ3) is 4.20. The first-order valence-electron chi connectivity index (χ1n) is 5.60. The smallest absolute Gasteiger partial charge is 0.226 e. The average molecular weight is 231 g/mol. The van der Waals surface area contributed by atoms with Crippen LogP contribution in [0, 0.1) is 5.92 Å². The van der Waals surface area contributed by atoms with Gasteiger partial charge in [-0.25, -0.2) is 0 Å². The van der Waals surface area contributed by atoms with Gasteiger partial charge >= 0.3 is 0 Å². The lowest BCUT2D eigenvalue weighted by molar-refractivity contribution is 0.362. The first kappa shape index (κ1) is 12.5. The molecule has 0 bridgehead atoms. The second kappa shape index (κ2) is 6.11. The fraction of sp³-hybridized carbons (Fsp3) is 0.818.